The first-order chi connectivity index (χ1) is 15.4. The molecular weight excluding hydrogens is 424 g/mol. The Morgan fingerprint density at radius 2 is 1.56 bits per heavy atom. The lowest BCUT2D eigenvalue weighted by Crippen LogP contribution is -2.45. The third-order valence-electron chi connectivity index (χ3n) is 5.46. The fourth-order valence-corrected chi connectivity index (χ4v) is 5.00. The number of hydrogen-bond acceptors (Lipinski definition) is 5. The monoisotopic (exact) mass is 454 g/mol. The van der Waals surface area contributed by atoms with Gasteiger partial charge in [-0.1, -0.05) is 62.4 Å². The number of hydrogen-bond donors (Lipinski definition) is 1. The molecule has 0 fully saturated rings. The van der Waals surface area contributed by atoms with E-state index >= 15 is 0 Å². The molecule has 1 N–H and O–H groups in total. The third-order valence-corrected chi connectivity index (χ3v) is 7.12. The maximum atomic E-state index is 12.7. The average Bonchev–Trinajstić information content (AvgIpc) is 3.27. The van der Waals surface area contributed by atoms with Crippen molar-refractivity contribution in [3.8, 4) is 0 Å². The lowest BCUT2D eigenvalue weighted by molar-refractivity contribution is 0.0905. The van der Waals surface area contributed by atoms with E-state index < -0.39 is 9.84 Å². The van der Waals surface area contributed by atoms with Gasteiger partial charge in [0.2, 0.25) is 0 Å². The van der Waals surface area contributed by atoms with Gasteiger partial charge in [0.05, 0.1) is 4.90 Å². The second kappa shape index (κ2) is 11.1. The maximum absolute atomic E-state index is 12.7. The molecule has 1 unspecified atom stereocenters. The number of benzene rings is 2. The summed E-state index contributed by atoms with van der Waals surface area (Å²) in [5.74, 6) is -0.288. The van der Waals surface area contributed by atoms with Crippen LogP contribution < -0.4 is 5.32 Å². The summed E-state index contributed by atoms with van der Waals surface area (Å²) in [4.78, 5) is 15.2. The minimum atomic E-state index is -3.54. The van der Waals surface area contributed by atoms with Crippen LogP contribution in [-0.2, 0) is 22.0 Å². The van der Waals surface area contributed by atoms with E-state index in [1.165, 1.54) is 11.6 Å². The zero-order valence-electron chi connectivity index (χ0n) is 18.5. The zero-order valence-corrected chi connectivity index (χ0v) is 19.3. The van der Waals surface area contributed by atoms with E-state index in [4.69, 9.17) is 4.42 Å². The number of sulfone groups is 1. The molecule has 32 heavy (non-hydrogen) atoms. The van der Waals surface area contributed by atoms with Crippen molar-refractivity contribution < 1.29 is 17.6 Å². The summed E-state index contributed by atoms with van der Waals surface area (Å²) in [6.07, 6.45) is 0.821. The quantitative estimate of drug-likeness (QED) is 0.475. The van der Waals surface area contributed by atoms with Gasteiger partial charge in [-0.15, -0.1) is 0 Å². The van der Waals surface area contributed by atoms with E-state index in [9.17, 15) is 13.2 Å². The first-order valence-corrected chi connectivity index (χ1v) is 12.5. The molecule has 0 saturated heterocycles. The average molecular weight is 455 g/mol. The maximum Gasteiger partial charge on any atom is 0.287 e. The highest BCUT2D eigenvalue weighted by molar-refractivity contribution is 7.90. The van der Waals surface area contributed by atoms with E-state index in [0.717, 1.165) is 19.5 Å². The van der Waals surface area contributed by atoms with Gasteiger partial charge in [0.25, 0.3) is 5.91 Å². The summed E-state index contributed by atoms with van der Waals surface area (Å²) in [7, 11) is -3.54. The largest absolute Gasteiger partial charge is 0.455 e. The van der Waals surface area contributed by atoms with Gasteiger partial charge >= 0.3 is 0 Å². The fourth-order valence-electron chi connectivity index (χ4n) is 3.73. The minimum absolute atomic E-state index is 0.112. The minimum Gasteiger partial charge on any atom is -0.455 e. The molecule has 7 heteroatoms. The predicted molar refractivity (Wildman–Crippen MR) is 125 cm³/mol. The Morgan fingerprint density at radius 1 is 0.938 bits per heavy atom. The summed E-state index contributed by atoms with van der Waals surface area (Å²) in [5.41, 5.74) is 1.21. The number of carbonyl (C=O) groups excluding carboxylic acids is 1. The van der Waals surface area contributed by atoms with Crippen molar-refractivity contribution in [2.45, 2.75) is 37.0 Å². The highest BCUT2D eigenvalue weighted by atomic mass is 32.2. The normalized spacial score (nSPS) is 12.6. The Labute approximate surface area is 190 Å². The van der Waals surface area contributed by atoms with Crippen molar-refractivity contribution in [3.63, 3.8) is 0 Å². The van der Waals surface area contributed by atoms with Crippen LogP contribution in [0.15, 0.2) is 82.1 Å². The Bertz CT molecular complexity index is 1090. The van der Waals surface area contributed by atoms with Gasteiger partial charge in [-0.3, -0.25) is 9.69 Å². The van der Waals surface area contributed by atoms with Crippen LogP contribution in [0.3, 0.4) is 0 Å². The van der Waals surface area contributed by atoms with Crippen molar-refractivity contribution in [1.82, 2.24) is 10.2 Å². The van der Waals surface area contributed by atoms with Crippen LogP contribution in [-0.4, -0.2) is 44.9 Å². The second-order valence-electron chi connectivity index (χ2n) is 7.61. The molecule has 0 aliphatic rings. The molecule has 1 amide bonds. The van der Waals surface area contributed by atoms with Crippen molar-refractivity contribution >= 4 is 15.7 Å². The van der Waals surface area contributed by atoms with Crippen molar-refractivity contribution in [2.75, 3.05) is 19.6 Å². The van der Waals surface area contributed by atoms with Gasteiger partial charge in [-0.25, -0.2) is 8.42 Å². The molecule has 2 aromatic carbocycles. The summed E-state index contributed by atoms with van der Waals surface area (Å²) in [6, 6.07) is 21.6. The Morgan fingerprint density at radius 3 is 2.19 bits per heavy atom. The number of furan rings is 1. The SMILES string of the molecule is CCN(CC)C(CNC(=O)c1ccc(CS(=O)(=O)c2ccccc2)o1)Cc1ccccc1. The molecule has 1 aromatic heterocycles. The van der Waals surface area contributed by atoms with E-state index in [-0.39, 0.29) is 34.1 Å². The van der Waals surface area contributed by atoms with Crippen LogP contribution in [0.1, 0.15) is 35.7 Å². The fraction of sp³-hybridized carbons (Fsp3) is 0.320. The van der Waals surface area contributed by atoms with E-state index in [2.05, 4.69) is 36.2 Å². The van der Waals surface area contributed by atoms with Crippen molar-refractivity contribution in [1.29, 1.82) is 0 Å². The van der Waals surface area contributed by atoms with E-state index in [0.29, 0.717) is 6.54 Å². The van der Waals surface area contributed by atoms with E-state index in [1.807, 2.05) is 18.2 Å². The van der Waals surface area contributed by atoms with Gasteiger partial charge < -0.3 is 9.73 Å². The number of rotatable bonds is 11. The zero-order chi connectivity index (χ0) is 23.0. The van der Waals surface area contributed by atoms with Gasteiger partial charge in [0.1, 0.15) is 11.5 Å². The molecule has 0 radical (unpaired) electrons. The first-order valence-electron chi connectivity index (χ1n) is 10.9. The van der Waals surface area contributed by atoms with Gasteiger partial charge in [-0.05, 0) is 49.3 Å². The van der Waals surface area contributed by atoms with Gasteiger partial charge in [-0.2, -0.15) is 0 Å². The number of nitrogens with zero attached hydrogens (tertiary/aromatic N) is 1. The molecule has 0 aliphatic heterocycles. The highest BCUT2D eigenvalue weighted by Crippen LogP contribution is 2.18. The molecule has 1 heterocycles. The summed E-state index contributed by atoms with van der Waals surface area (Å²) in [5, 5.41) is 2.95. The summed E-state index contributed by atoms with van der Waals surface area (Å²) < 4.78 is 30.7. The van der Waals surface area contributed by atoms with Crippen LogP contribution in [0, 0.1) is 0 Å². The molecule has 0 saturated carbocycles. The second-order valence-corrected chi connectivity index (χ2v) is 9.60. The Hall–Kier alpha value is -2.90. The van der Waals surface area contributed by atoms with E-state index in [1.54, 1.807) is 36.4 Å². The van der Waals surface area contributed by atoms with Crippen LogP contribution in [0.5, 0.6) is 0 Å². The molecule has 3 aromatic rings. The third kappa shape index (κ3) is 6.31. The van der Waals surface area contributed by atoms with Crippen molar-refractivity contribution in [3.05, 3.63) is 89.9 Å². The molecule has 0 aliphatic carbocycles. The first kappa shape index (κ1) is 23.8. The van der Waals surface area contributed by atoms with Crippen LogP contribution in [0.4, 0.5) is 0 Å². The topological polar surface area (TPSA) is 79.6 Å². The Kier molecular flexibility index (Phi) is 8.25. The van der Waals surface area contributed by atoms with Gasteiger partial charge in [0, 0.05) is 12.6 Å². The number of nitrogens with one attached hydrogen (secondary N) is 1. The number of amides is 1. The van der Waals surface area contributed by atoms with Crippen LogP contribution >= 0.6 is 0 Å². The molecule has 0 spiro atoms. The number of carbonyl (C=O) groups is 1. The standard InChI is InChI=1S/C25H30N2O4S/c1-3-27(4-2)21(17-20-11-7-5-8-12-20)18-26-25(28)24-16-15-22(31-24)19-32(29,30)23-13-9-6-10-14-23/h5-16,21H,3-4,17-19H2,1-2H3,(H,26,28). The summed E-state index contributed by atoms with van der Waals surface area (Å²) >= 11 is 0. The summed E-state index contributed by atoms with van der Waals surface area (Å²) in [6.45, 7) is 6.44. The lowest BCUT2D eigenvalue weighted by atomic mass is 10.0. The Balaban J connectivity index is 1.64. The van der Waals surface area contributed by atoms with Gasteiger partial charge in [0.15, 0.2) is 15.6 Å². The molecule has 3 rings (SSSR count). The lowest BCUT2D eigenvalue weighted by Gasteiger charge is -2.30. The molecule has 6 nitrogen and oxygen atoms in total. The smallest absolute Gasteiger partial charge is 0.287 e. The van der Waals surface area contributed by atoms with Crippen molar-refractivity contribution in [2.24, 2.45) is 0 Å². The predicted octanol–water partition coefficient (Wildman–Crippen LogP) is 3.94. The van der Waals surface area contributed by atoms with Crippen LogP contribution in [0.2, 0.25) is 0 Å². The molecule has 170 valence electrons. The highest BCUT2D eigenvalue weighted by Gasteiger charge is 2.21. The molecular formula is C25H30N2O4S. The molecule has 0 bridgehead atoms. The van der Waals surface area contributed by atoms with Crippen LogP contribution in [0.25, 0.3) is 0 Å². The molecule has 1 atom stereocenters. The number of likely N-dealkylation sites (N-methyl/N-ethyl adjacent to an activating group) is 1.